The second kappa shape index (κ2) is 7.19. The van der Waals surface area contributed by atoms with Gasteiger partial charge < -0.3 is 15.1 Å². The zero-order chi connectivity index (χ0) is 18.7. The zero-order valence-corrected chi connectivity index (χ0v) is 14.1. The molecule has 0 spiro atoms. The lowest BCUT2D eigenvalue weighted by Crippen LogP contribution is -2.50. The first-order valence-electron chi connectivity index (χ1n) is 8.11. The van der Waals surface area contributed by atoms with Gasteiger partial charge in [0.05, 0.1) is 11.8 Å². The summed E-state index contributed by atoms with van der Waals surface area (Å²) in [7, 11) is 0. The highest BCUT2D eigenvalue weighted by molar-refractivity contribution is 5.89. The number of aryl methyl sites for hydroxylation is 1. The molecule has 9 heteroatoms. The number of carbonyl (C=O) groups excluding carboxylic acids is 1. The fraction of sp³-hybridized carbons (Fsp3) is 0.353. The maximum absolute atomic E-state index is 12.6. The van der Waals surface area contributed by atoms with Gasteiger partial charge >= 0.3 is 12.2 Å². The molecule has 1 aromatic carbocycles. The predicted molar refractivity (Wildman–Crippen MR) is 91.0 cm³/mol. The van der Waals surface area contributed by atoms with Gasteiger partial charge in [-0.15, -0.1) is 5.10 Å². The number of anilines is 2. The molecule has 0 saturated carbocycles. The van der Waals surface area contributed by atoms with E-state index in [1.54, 1.807) is 11.1 Å². The van der Waals surface area contributed by atoms with Crippen LogP contribution in [0.1, 0.15) is 11.1 Å². The first kappa shape index (κ1) is 18.0. The summed E-state index contributed by atoms with van der Waals surface area (Å²) in [6.07, 6.45) is -2.76. The fourth-order valence-electron chi connectivity index (χ4n) is 2.77. The Balaban J connectivity index is 1.56. The third-order valence-corrected chi connectivity index (χ3v) is 4.23. The summed E-state index contributed by atoms with van der Waals surface area (Å²) >= 11 is 0. The van der Waals surface area contributed by atoms with E-state index in [-0.39, 0.29) is 6.03 Å². The number of nitrogens with zero attached hydrogens (tertiary/aromatic N) is 4. The van der Waals surface area contributed by atoms with Crippen molar-refractivity contribution in [1.29, 1.82) is 0 Å². The minimum atomic E-state index is -4.39. The molecular weight excluding hydrogens is 347 g/mol. The molecule has 0 bridgehead atoms. The lowest BCUT2D eigenvalue weighted by Gasteiger charge is -2.35. The quantitative estimate of drug-likeness (QED) is 0.888. The van der Waals surface area contributed by atoms with Crippen molar-refractivity contribution in [2.75, 3.05) is 36.4 Å². The van der Waals surface area contributed by atoms with E-state index in [1.807, 2.05) is 13.0 Å². The number of alkyl halides is 3. The second-order valence-corrected chi connectivity index (χ2v) is 6.02. The molecule has 3 rings (SSSR count). The van der Waals surface area contributed by atoms with Crippen LogP contribution >= 0.6 is 0 Å². The van der Waals surface area contributed by atoms with Crippen molar-refractivity contribution in [3.8, 4) is 0 Å². The summed E-state index contributed by atoms with van der Waals surface area (Å²) in [4.78, 5) is 16.0. The number of carbonyl (C=O) groups is 1. The molecule has 0 aliphatic carbocycles. The van der Waals surface area contributed by atoms with Crippen LogP contribution in [0.15, 0.2) is 36.5 Å². The van der Waals surface area contributed by atoms with Gasteiger partial charge in [0.1, 0.15) is 0 Å². The number of piperazine rings is 1. The first-order chi connectivity index (χ1) is 12.3. The number of nitrogens with one attached hydrogen (secondary N) is 1. The molecule has 6 nitrogen and oxygen atoms in total. The Morgan fingerprint density at radius 2 is 1.73 bits per heavy atom. The van der Waals surface area contributed by atoms with E-state index in [1.165, 1.54) is 12.1 Å². The molecule has 0 atom stereocenters. The molecule has 2 aromatic rings. The van der Waals surface area contributed by atoms with Gasteiger partial charge in [-0.25, -0.2) is 4.79 Å². The fourth-order valence-corrected chi connectivity index (χ4v) is 2.77. The standard InChI is InChI=1S/C17H18F3N5O/c1-12-6-7-21-23-15(12)24-8-10-25(11-9-24)16(26)22-14-4-2-13(3-5-14)17(18,19)20/h2-7H,8-11H2,1H3,(H,22,26). The molecule has 1 saturated heterocycles. The summed E-state index contributed by atoms with van der Waals surface area (Å²) in [5.41, 5.74) is 0.598. The third kappa shape index (κ3) is 4.04. The summed E-state index contributed by atoms with van der Waals surface area (Å²) < 4.78 is 37.7. The van der Waals surface area contributed by atoms with Gasteiger partial charge in [0, 0.05) is 31.9 Å². The van der Waals surface area contributed by atoms with Gasteiger partial charge in [0.25, 0.3) is 0 Å². The minimum absolute atomic E-state index is 0.329. The lowest BCUT2D eigenvalue weighted by atomic mass is 10.2. The van der Waals surface area contributed by atoms with Crippen LogP contribution in [0.25, 0.3) is 0 Å². The molecule has 0 unspecified atom stereocenters. The Hall–Kier alpha value is -2.84. The number of urea groups is 1. The van der Waals surface area contributed by atoms with E-state index in [0.717, 1.165) is 23.5 Å². The molecular formula is C17H18F3N5O. The Morgan fingerprint density at radius 3 is 2.31 bits per heavy atom. The molecule has 2 heterocycles. The van der Waals surface area contributed by atoms with Crippen LogP contribution in [-0.2, 0) is 6.18 Å². The number of amides is 2. The van der Waals surface area contributed by atoms with E-state index < -0.39 is 11.7 Å². The highest BCUT2D eigenvalue weighted by Crippen LogP contribution is 2.29. The maximum Gasteiger partial charge on any atom is 0.416 e. The second-order valence-electron chi connectivity index (χ2n) is 6.02. The Bertz CT molecular complexity index is 771. The van der Waals surface area contributed by atoms with Gasteiger partial charge in [-0.2, -0.15) is 18.3 Å². The molecule has 1 N–H and O–H groups in total. The van der Waals surface area contributed by atoms with Gasteiger partial charge in [-0.05, 0) is 42.8 Å². The molecule has 26 heavy (non-hydrogen) atoms. The van der Waals surface area contributed by atoms with Crippen LogP contribution in [0.4, 0.5) is 29.5 Å². The average molecular weight is 365 g/mol. The Kier molecular flexibility index (Phi) is 4.97. The number of rotatable bonds is 2. The van der Waals surface area contributed by atoms with Crippen molar-refractivity contribution >= 4 is 17.5 Å². The van der Waals surface area contributed by atoms with Gasteiger partial charge in [-0.3, -0.25) is 0 Å². The Labute approximate surface area is 148 Å². The molecule has 1 aliphatic heterocycles. The smallest absolute Gasteiger partial charge is 0.351 e. The molecule has 0 radical (unpaired) electrons. The van der Waals surface area contributed by atoms with E-state index in [4.69, 9.17) is 0 Å². The topological polar surface area (TPSA) is 61.4 Å². The zero-order valence-electron chi connectivity index (χ0n) is 14.1. The van der Waals surface area contributed by atoms with Crippen molar-refractivity contribution in [3.63, 3.8) is 0 Å². The number of benzene rings is 1. The molecule has 1 fully saturated rings. The monoisotopic (exact) mass is 365 g/mol. The number of halogens is 3. The number of hydrogen-bond donors (Lipinski definition) is 1. The van der Waals surface area contributed by atoms with Crippen molar-refractivity contribution in [2.45, 2.75) is 13.1 Å². The van der Waals surface area contributed by atoms with Crippen molar-refractivity contribution in [1.82, 2.24) is 15.1 Å². The van der Waals surface area contributed by atoms with Crippen LogP contribution in [0.3, 0.4) is 0 Å². The van der Waals surface area contributed by atoms with E-state index >= 15 is 0 Å². The van der Waals surface area contributed by atoms with Gasteiger partial charge in [-0.1, -0.05) is 0 Å². The largest absolute Gasteiger partial charge is 0.416 e. The van der Waals surface area contributed by atoms with E-state index in [9.17, 15) is 18.0 Å². The molecule has 138 valence electrons. The van der Waals surface area contributed by atoms with Crippen molar-refractivity contribution in [3.05, 3.63) is 47.7 Å². The average Bonchev–Trinajstić information content (AvgIpc) is 2.62. The summed E-state index contributed by atoms with van der Waals surface area (Å²) in [5.74, 6) is 0.801. The van der Waals surface area contributed by atoms with Crippen molar-refractivity contribution in [2.24, 2.45) is 0 Å². The van der Waals surface area contributed by atoms with E-state index in [2.05, 4.69) is 20.4 Å². The summed E-state index contributed by atoms with van der Waals surface area (Å²) in [5, 5.41) is 10.7. The van der Waals surface area contributed by atoms with Crippen LogP contribution in [0, 0.1) is 6.92 Å². The normalized spacial score (nSPS) is 15.1. The van der Waals surface area contributed by atoms with Crippen LogP contribution < -0.4 is 10.2 Å². The van der Waals surface area contributed by atoms with Gasteiger partial charge in [0.2, 0.25) is 0 Å². The highest BCUT2D eigenvalue weighted by atomic mass is 19.4. The summed E-state index contributed by atoms with van der Waals surface area (Å²) in [6, 6.07) is 5.95. The van der Waals surface area contributed by atoms with Crippen LogP contribution in [0.2, 0.25) is 0 Å². The predicted octanol–water partition coefficient (Wildman–Crippen LogP) is 3.16. The van der Waals surface area contributed by atoms with E-state index in [0.29, 0.717) is 31.9 Å². The van der Waals surface area contributed by atoms with Crippen LogP contribution in [-0.4, -0.2) is 47.3 Å². The van der Waals surface area contributed by atoms with Gasteiger partial charge in [0.15, 0.2) is 5.82 Å². The molecule has 2 amide bonds. The van der Waals surface area contributed by atoms with Crippen molar-refractivity contribution < 1.29 is 18.0 Å². The van der Waals surface area contributed by atoms with Crippen LogP contribution in [0.5, 0.6) is 0 Å². The molecule has 1 aliphatic rings. The first-order valence-corrected chi connectivity index (χ1v) is 8.11. The lowest BCUT2D eigenvalue weighted by molar-refractivity contribution is -0.137. The Morgan fingerprint density at radius 1 is 1.08 bits per heavy atom. The third-order valence-electron chi connectivity index (χ3n) is 4.23. The maximum atomic E-state index is 12.6. The summed E-state index contributed by atoms with van der Waals surface area (Å²) in [6.45, 7) is 4.15. The SMILES string of the molecule is Cc1ccnnc1N1CCN(C(=O)Nc2ccc(C(F)(F)F)cc2)CC1. The molecule has 1 aromatic heterocycles. The minimum Gasteiger partial charge on any atom is -0.351 e. The number of aromatic nitrogens is 2. The highest BCUT2D eigenvalue weighted by Gasteiger charge is 2.30. The number of hydrogen-bond acceptors (Lipinski definition) is 4.